The smallest absolute Gasteiger partial charge is 0.254 e. The summed E-state index contributed by atoms with van der Waals surface area (Å²) in [6.07, 6.45) is 1.99. The van der Waals surface area contributed by atoms with Crippen LogP contribution >= 0.6 is 0 Å². The van der Waals surface area contributed by atoms with E-state index in [1.54, 1.807) is 36.6 Å². The number of nitrogens with one attached hydrogen (secondary N) is 3. The number of para-hydroxylation sites is 1. The molecule has 1 aromatic carbocycles. The molecule has 2 aromatic rings. The van der Waals surface area contributed by atoms with Gasteiger partial charge in [0.2, 0.25) is 11.8 Å². The van der Waals surface area contributed by atoms with Gasteiger partial charge in [-0.2, -0.15) is 0 Å². The Hall–Kier alpha value is -3.09. The minimum atomic E-state index is -0.921. The topological polar surface area (TPSA) is 100 Å². The summed E-state index contributed by atoms with van der Waals surface area (Å²) in [4.78, 5) is 36.7. The highest BCUT2D eigenvalue weighted by Gasteiger charge is 2.29. The summed E-state index contributed by atoms with van der Waals surface area (Å²) in [6.45, 7) is 1.85. The number of anilines is 1. The minimum absolute atomic E-state index is 0.131. The Labute approximate surface area is 144 Å². The van der Waals surface area contributed by atoms with Gasteiger partial charge in [-0.15, -0.1) is 0 Å². The molecule has 0 unspecified atom stereocenters. The molecule has 3 rings (SSSR count). The van der Waals surface area contributed by atoms with E-state index in [1.165, 1.54) is 0 Å². The maximum Gasteiger partial charge on any atom is 0.254 e. The molecule has 0 saturated carbocycles. The molecule has 1 aliphatic heterocycles. The van der Waals surface area contributed by atoms with Gasteiger partial charge in [0.15, 0.2) is 0 Å². The van der Waals surface area contributed by atoms with Crippen LogP contribution in [0.25, 0.3) is 0 Å². The largest absolute Gasteiger partial charge is 0.469 e. The molecule has 3 N–H and O–H groups in total. The standard InChI is InChI=1S/C18H19N3O4/c1-11(9-12-5-4-8-25-12)19-16(22)10-15-18(24)20-14-7-3-2-6-13(14)17(23)21-15/h2-8,11,15H,9-10H2,1H3,(H,19,22)(H,20,24)(H,21,23)/t11-,15+/m1/s1. The van der Waals surface area contributed by atoms with Crippen molar-refractivity contribution in [2.75, 3.05) is 5.32 Å². The van der Waals surface area contributed by atoms with Crippen molar-refractivity contribution in [3.63, 3.8) is 0 Å². The van der Waals surface area contributed by atoms with Crippen molar-refractivity contribution in [1.29, 1.82) is 0 Å². The molecule has 1 aliphatic rings. The van der Waals surface area contributed by atoms with Gasteiger partial charge in [-0.05, 0) is 31.2 Å². The van der Waals surface area contributed by atoms with Crippen LogP contribution in [-0.2, 0) is 16.0 Å². The minimum Gasteiger partial charge on any atom is -0.469 e. The van der Waals surface area contributed by atoms with Crippen molar-refractivity contribution in [1.82, 2.24) is 10.6 Å². The predicted octanol–water partition coefficient (Wildman–Crippen LogP) is 1.47. The zero-order valence-electron chi connectivity index (χ0n) is 13.7. The van der Waals surface area contributed by atoms with Gasteiger partial charge in [0.25, 0.3) is 5.91 Å². The summed E-state index contributed by atoms with van der Waals surface area (Å²) < 4.78 is 5.25. The van der Waals surface area contributed by atoms with Gasteiger partial charge in [0.05, 0.1) is 23.9 Å². The summed E-state index contributed by atoms with van der Waals surface area (Å²) in [5.41, 5.74) is 0.823. The molecule has 0 spiro atoms. The number of hydrogen-bond donors (Lipinski definition) is 3. The van der Waals surface area contributed by atoms with Crippen molar-refractivity contribution < 1.29 is 18.8 Å². The fourth-order valence-electron chi connectivity index (χ4n) is 2.76. The van der Waals surface area contributed by atoms with Gasteiger partial charge in [-0.25, -0.2) is 0 Å². The first-order valence-electron chi connectivity index (χ1n) is 8.05. The molecule has 0 bridgehead atoms. The van der Waals surface area contributed by atoms with Crippen molar-refractivity contribution in [3.05, 3.63) is 54.0 Å². The van der Waals surface area contributed by atoms with Crippen molar-refractivity contribution in [3.8, 4) is 0 Å². The molecule has 2 atom stereocenters. The van der Waals surface area contributed by atoms with Crippen LogP contribution in [0.5, 0.6) is 0 Å². The van der Waals surface area contributed by atoms with Crippen LogP contribution in [0.4, 0.5) is 5.69 Å². The fourth-order valence-corrected chi connectivity index (χ4v) is 2.76. The predicted molar refractivity (Wildman–Crippen MR) is 91.0 cm³/mol. The average Bonchev–Trinajstić information content (AvgIpc) is 3.03. The molecule has 0 radical (unpaired) electrons. The molecule has 7 nitrogen and oxygen atoms in total. The maximum atomic E-state index is 12.3. The molecule has 7 heteroatoms. The fraction of sp³-hybridized carbons (Fsp3) is 0.278. The summed E-state index contributed by atoms with van der Waals surface area (Å²) in [5, 5.41) is 8.10. The molecule has 130 valence electrons. The van der Waals surface area contributed by atoms with Crippen LogP contribution in [0.15, 0.2) is 47.1 Å². The summed E-state index contributed by atoms with van der Waals surface area (Å²) >= 11 is 0. The number of amides is 3. The molecule has 3 amide bonds. The number of carbonyl (C=O) groups is 3. The first-order valence-corrected chi connectivity index (χ1v) is 8.05. The molecule has 1 aromatic heterocycles. The molecule has 25 heavy (non-hydrogen) atoms. The quantitative estimate of drug-likeness (QED) is 0.766. The molecule has 0 saturated heterocycles. The van der Waals surface area contributed by atoms with E-state index >= 15 is 0 Å². The number of carbonyl (C=O) groups excluding carboxylic acids is 3. The SMILES string of the molecule is C[C@H](Cc1ccco1)NC(=O)C[C@@H]1NC(=O)c2ccccc2NC1=O. The van der Waals surface area contributed by atoms with Crippen LogP contribution in [0.1, 0.15) is 29.5 Å². The van der Waals surface area contributed by atoms with Gasteiger partial charge in [-0.1, -0.05) is 12.1 Å². The highest BCUT2D eigenvalue weighted by Crippen LogP contribution is 2.18. The monoisotopic (exact) mass is 341 g/mol. The maximum absolute atomic E-state index is 12.3. The van der Waals surface area contributed by atoms with E-state index in [2.05, 4.69) is 16.0 Å². The highest BCUT2D eigenvalue weighted by molar-refractivity contribution is 6.10. The van der Waals surface area contributed by atoms with Crippen molar-refractivity contribution in [2.45, 2.75) is 31.8 Å². The van der Waals surface area contributed by atoms with Gasteiger partial charge >= 0.3 is 0 Å². The van der Waals surface area contributed by atoms with Gasteiger partial charge in [0.1, 0.15) is 11.8 Å². The van der Waals surface area contributed by atoms with E-state index in [1.807, 2.05) is 13.0 Å². The Morgan fingerprint density at radius 3 is 2.80 bits per heavy atom. The number of fused-ring (bicyclic) bond motifs is 1. The Morgan fingerprint density at radius 1 is 1.24 bits per heavy atom. The highest BCUT2D eigenvalue weighted by atomic mass is 16.3. The Bertz CT molecular complexity index is 785. The van der Waals surface area contributed by atoms with Gasteiger partial charge < -0.3 is 20.4 Å². The van der Waals surface area contributed by atoms with E-state index in [-0.39, 0.29) is 24.3 Å². The normalized spacial score (nSPS) is 17.7. The summed E-state index contributed by atoms with van der Waals surface area (Å²) in [5.74, 6) is -0.336. The van der Waals surface area contributed by atoms with E-state index in [9.17, 15) is 14.4 Å². The molecule has 0 aliphatic carbocycles. The molecular formula is C18H19N3O4. The number of rotatable bonds is 5. The van der Waals surface area contributed by atoms with Crippen LogP contribution in [0.3, 0.4) is 0 Å². The average molecular weight is 341 g/mol. The van der Waals surface area contributed by atoms with Gasteiger partial charge in [0, 0.05) is 12.5 Å². The summed E-state index contributed by atoms with van der Waals surface area (Å²) in [7, 11) is 0. The Balaban J connectivity index is 1.60. The van der Waals surface area contributed by atoms with Crippen molar-refractivity contribution in [2.24, 2.45) is 0 Å². The van der Waals surface area contributed by atoms with E-state index in [0.29, 0.717) is 17.7 Å². The third-order valence-corrected chi connectivity index (χ3v) is 3.94. The molecule has 0 fully saturated rings. The lowest BCUT2D eigenvalue weighted by atomic mass is 10.1. The Kier molecular flexibility index (Phi) is 4.83. The van der Waals surface area contributed by atoms with Gasteiger partial charge in [-0.3, -0.25) is 14.4 Å². The van der Waals surface area contributed by atoms with Crippen LogP contribution in [0, 0.1) is 0 Å². The number of hydrogen-bond acceptors (Lipinski definition) is 4. The lowest BCUT2D eigenvalue weighted by Crippen LogP contribution is -2.46. The summed E-state index contributed by atoms with van der Waals surface area (Å²) in [6, 6.07) is 9.27. The third kappa shape index (κ3) is 4.06. The third-order valence-electron chi connectivity index (χ3n) is 3.94. The zero-order chi connectivity index (χ0) is 17.8. The second kappa shape index (κ2) is 7.21. The Morgan fingerprint density at radius 2 is 2.04 bits per heavy atom. The number of benzene rings is 1. The molecule has 2 heterocycles. The molecular weight excluding hydrogens is 322 g/mol. The van der Waals surface area contributed by atoms with Crippen LogP contribution in [-0.4, -0.2) is 29.8 Å². The van der Waals surface area contributed by atoms with E-state index in [0.717, 1.165) is 5.76 Å². The lowest BCUT2D eigenvalue weighted by Gasteiger charge is -2.17. The zero-order valence-corrected chi connectivity index (χ0v) is 13.7. The van der Waals surface area contributed by atoms with Crippen molar-refractivity contribution >= 4 is 23.4 Å². The van der Waals surface area contributed by atoms with E-state index < -0.39 is 11.9 Å². The first-order chi connectivity index (χ1) is 12.0. The lowest BCUT2D eigenvalue weighted by molar-refractivity contribution is -0.126. The number of furan rings is 1. The van der Waals surface area contributed by atoms with Crippen LogP contribution < -0.4 is 16.0 Å². The van der Waals surface area contributed by atoms with E-state index in [4.69, 9.17) is 4.42 Å². The first kappa shape index (κ1) is 16.8. The van der Waals surface area contributed by atoms with Crippen LogP contribution in [0.2, 0.25) is 0 Å². The second-order valence-electron chi connectivity index (χ2n) is 6.02. The second-order valence-corrected chi connectivity index (χ2v) is 6.02.